The van der Waals surface area contributed by atoms with Crippen LogP contribution < -0.4 is 15.8 Å². The van der Waals surface area contributed by atoms with Gasteiger partial charge in [-0.3, -0.25) is 0 Å². The van der Waals surface area contributed by atoms with E-state index in [1.807, 2.05) is 0 Å². The number of anilines is 1. The van der Waals surface area contributed by atoms with Gasteiger partial charge in [0.15, 0.2) is 0 Å². The Bertz CT molecular complexity index is 495. The lowest BCUT2D eigenvalue weighted by atomic mass is 9.91. The molecule has 0 spiro atoms. The molecule has 1 aromatic rings. The summed E-state index contributed by atoms with van der Waals surface area (Å²) >= 11 is 0. The lowest BCUT2D eigenvalue weighted by Gasteiger charge is -2.39. The van der Waals surface area contributed by atoms with E-state index in [0.717, 1.165) is 12.2 Å². The van der Waals surface area contributed by atoms with Crippen molar-refractivity contribution in [1.82, 2.24) is 0 Å². The summed E-state index contributed by atoms with van der Waals surface area (Å²) < 4.78 is 22.4. The Morgan fingerprint density at radius 2 is 1.83 bits per heavy atom. The minimum Gasteiger partial charge on any atom is -0.367 e. The second-order valence-electron chi connectivity index (χ2n) is 4.61. The molecule has 1 aromatic carbocycles. The minimum absolute atomic E-state index is 0.146. The fourth-order valence-corrected chi connectivity index (χ4v) is 2.70. The summed E-state index contributed by atoms with van der Waals surface area (Å²) in [7, 11) is -3.61. The molecule has 0 aromatic heterocycles. The van der Waals surface area contributed by atoms with Crippen molar-refractivity contribution >= 4 is 15.7 Å². The first kappa shape index (κ1) is 13.3. The number of nitrogens with zero attached hydrogens (tertiary/aromatic N) is 1. The lowest BCUT2D eigenvalue weighted by Crippen LogP contribution is -2.43. The van der Waals surface area contributed by atoms with Gasteiger partial charge >= 0.3 is 0 Å². The van der Waals surface area contributed by atoms with Crippen molar-refractivity contribution in [3.05, 3.63) is 24.3 Å². The van der Waals surface area contributed by atoms with Crippen molar-refractivity contribution in [3.8, 4) is 0 Å². The van der Waals surface area contributed by atoms with E-state index in [2.05, 4.69) is 4.90 Å². The topological polar surface area (TPSA) is 89.4 Å². The van der Waals surface area contributed by atoms with E-state index < -0.39 is 10.0 Å². The van der Waals surface area contributed by atoms with Crippen LogP contribution in [0.15, 0.2) is 29.2 Å². The third-order valence-electron chi connectivity index (χ3n) is 3.38. The second kappa shape index (κ2) is 5.26. The van der Waals surface area contributed by atoms with Crippen molar-refractivity contribution in [2.24, 2.45) is 10.9 Å². The zero-order chi connectivity index (χ0) is 13.2. The Balaban J connectivity index is 2.20. The molecular formula is C12H19N3O2S. The van der Waals surface area contributed by atoms with Crippen LogP contribution in [0.5, 0.6) is 0 Å². The van der Waals surface area contributed by atoms with Crippen LogP contribution in [0.25, 0.3) is 0 Å². The molecule has 4 N–H and O–H groups in total. The minimum atomic E-state index is -3.61. The van der Waals surface area contributed by atoms with Gasteiger partial charge in [-0.15, -0.1) is 0 Å². The molecule has 5 nitrogen and oxygen atoms in total. The molecule has 0 radical (unpaired) electrons. The Morgan fingerprint density at radius 1 is 1.22 bits per heavy atom. The number of rotatable bonds is 5. The zero-order valence-corrected chi connectivity index (χ0v) is 11.1. The molecule has 0 aliphatic heterocycles. The maximum absolute atomic E-state index is 11.2. The summed E-state index contributed by atoms with van der Waals surface area (Å²) in [5.74, 6) is 0. The highest BCUT2D eigenvalue weighted by Gasteiger charge is 2.24. The summed E-state index contributed by atoms with van der Waals surface area (Å²) in [5, 5.41) is 5.08. The van der Waals surface area contributed by atoms with Gasteiger partial charge < -0.3 is 10.6 Å². The lowest BCUT2D eigenvalue weighted by molar-refractivity contribution is 0.388. The van der Waals surface area contributed by atoms with E-state index >= 15 is 0 Å². The molecular weight excluding hydrogens is 250 g/mol. The molecule has 18 heavy (non-hydrogen) atoms. The summed E-state index contributed by atoms with van der Waals surface area (Å²) in [6.07, 6.45) is 3.61. The maximum Gasteiger partial charge on any atom is 0.238 e. The van der Waals surface area contributed by atoms with Crippen LogP contribution in [-0.2, 0) is 10.0 Å². The SMILES string of the molecule is NCCN(c1ccc(S(N)(=O)=O)cc1)C1CCC1. The van der Waals surface area contributed by atoms with E-state index in [9.17, 15) is 8.42 Å². The Hall–Kier alpha value is -1.11. The first-order valence-corrected chi connectivity index (χ1v) is 7.66. The molecule has 1 aliphatic rings. The molecule has 0 atom stereocenters. The van der Waals surface area contributed by atoms with E-state index in [0.29, 0.717) is 12.6 Å². The summed E-state index contributed by atoms with van der Waals surface area (Å²) in [6.45, 7) is 1.38. The molecule has 0 saturated heterocycles. The second-order valence-corrected chi connectivity index (χ2v) is 6.17. The van der Waals surface area contributed by atoms with Crippen molar-refractivity contribution in [2.75, 3.05) is 18.0 Å². The van der Waals surface area contributed by atoms with Crippen LogP contribution in [0.1, 0.15) is 19.3 Å². The van der Waals surface area contributed by atoms with E-state index in [-0.39, 0.29) is 4.90 Å². The molecule has 0 unspecified atom stereocenters. The third-order valence-corrected chi connectivity index (χ3v) is 4.31. The van der Waals surface area contributed by atoms with E-state index in [4.69, 9.17) is 10.9 Å². The van der Waals surface area contributed by atoms with Crippen LogP contribution >= 0.6 is 0 Å². The number of sulfonamides is 1. The van der Waals surface area contributed by atoms with Crippen LogP contribution in [0.4, 0.5) is 5.69 Å². The van der Waals surface area contributed by atoms with Crippen LogP contribution in [-0.4, -0.2) is 27.5 Å². The summed E-state index contributed by atoms with van der Waals surface area (Å²) in [4.78, 5) is 2.39. The van der Waals surface area contributed by atoms with E-state index in [1.54, 1.807) is 24.3 Å². The molecule has 0 bridgehead atoms. The van der Waals surface area contributed by atoms with Crippen molar-refractivity contribution in [1.29, 1.82) is 0 Å². The van der Waals surface area contributed by atoms with Gasteiger partial charge in [-0.25, -0.2) is 13.6 Å². The smallest absolute Gasteiger partial charge is 0.238 e. The number of hydrogen-bond donors (Lipinski definition) is 2. The number of hydrogen-bond acceptors (Lipinski definition) is 4. The Labute approximate surface area is 108 Å². The molecule has 2 rings (SSSR count). The van der Waals surface area contributed by atoms with Gasteiger partial charge in [0.2, 0.25) is 10.0 Å². The normalized spacial score (nSPS) is 16.3. The third kappa shape index (κ3) is 2.82. The van der Waals surface area contributed by atoms with Gasteiger partial charge in [-0.1, -0.05) is 0 Å². The Kier molecular flexibility index (Phi) is 3.89. The average Bonchev–Trinajstić information content (AvgIpc) is 2.25. The largest absolute Gasteiger partial charge is 0.367 e. The highest BCUT2D eigenvalue weighted by Crippen LogP contribution is 2.29. The standard InChI is InChI=1S/C12H19N3O2S/c13-8-9-15(10-2-1-3-10)11-4-6-12(7-5-11)18(14,16)17/h4-7,10H,1-3,8-9,13H2,(H2,14,16,17). The highest BCUT2D eigenvalue weighted by atomic mass is 32.2. The fraction of sp³-hybridized carbons (Fsp3) is 0.500. The van der Waals surface area contributed by atoms with Gasteiger partial charge in [0.1, 0.15) is 0 Å². The predicted molar refractivity (Wildman–Crippen MR) is 71.9 cm³/mol. The molecule has 1 saturated carbocycles. The maximum atomic E-state index is 11.2. The number of nitrogens with two attached hydrogens (primary N) is 2. The Morgan fingerprint density at radius 3 is 2.22 bits per heavy atom. The molecule has 100 valence electrons. The van der Waals surface area contributed by atoms with Crippen molar-refractivity contribution in [2.45, 2.75) is 30.2 Å². The van der Waals surface area contributed by atoms with Crippen molar-refractivity contribution < 1.29 is 8.42 Å². The number of primary sulfonamides is 1. The first-order chi connectivity index (χ1) is 8.52. The monoisotopic (exact) mass is 269 g/mol. The molecule has 1 fully saturated rings. The molecule has 1 aliphatic carbocycles. The van der Waals surface area contributed by atoms with Gasteiger partial charge in [0, 0.05) is 24.8 Å². The van der Waals surface area contributed by atoms with Gasteiger partial charge in [0.25, 0.3) is 0 Å². The van der Waals surface area contributed by atoms with E-state index in [1.165, 1.54) is 19.3 Å². The summed E-state index contributed by atoms with van der Waals surface area (Å²) in [6, 6.07) is 7.23. The molecule has 0 amide bonds. The van der Waals surface area contributed by atoms with Crippen LogP contribution in [0.3, 0.4) is 0 Å². The fourth-order valence-electron chi connectivity index (χ4n) is 2.19. The number of benzene rings is 1. The van der Waals surface area contributed by atoms with Gasteiger partial charge in [-0.05, 0) is 43.5 Å². The molecule has 0 heterocycles. The van der Waals surface area contributed by atoms with Crippen molar-refractivity contribution in [3.63, 3.8) is 0 Å². The average molecular weight is 269 g/mol. The quantitative estimate of drug-likeness (QED) is 0.821. The zero-order valence-electron chi connectivity index (χ0n) is 10.2. The van der Waals surface area contributed by atoms with Crippen LogP contribution in [0.2, 0.25) is 0 Å². The van der Waals surface area contributed by atoms with Gasteiger partial charge in [-0.2, -0.15) is 0 Å². The highest BCUT2D eigenvalue weighted by molar-refractivity contribution is 7.89. The van der Waals surface area contributed by atoms with Crippen LogP contribution in [0, 0.1) is 0 Å². The summed E-state index contributed by atoms with van der Waals surface area (Å²) in [5.41, 5.74) is 6.64. The molecule has 6 heteroatoms. The predicted octanol–water partition coefficient (Wildman–Crippen LogP) is 0.652. The van der Waals surface area contributed by atoms with Gasteiger partial charge in [0.05, 0.1) is 4.90 Å². The first-order valence-electron chi connectivity index (χ1n) is 6.12.